The third-order valence-corrected chi connectivity index (χ3v) is 3.95. The minimum absolute atomic E-state index is 0. The summed E-state index contributed by atoms with van der Waals surface area (Å²) in [5.41, 5.74) is 5.30. The van der Waals surface area contributed by atoms with Crippen molar-refractivity contribution in [2.45, 2.75) is 66.2 Å². The maximum Gasteiger partial charge on any atom is 2.00 e. The normalized spacial score (nSPS) is 19.1. The maximum absolute atomic E-state index is 3.88. The summed E-state index contributed by atoms with van der Waals surface area (Å²) in [4.78, 5) is 0. The Bertz CT molecular complexity index is 300. The van der Waals surface area contributed by atoms with Crippen molar-refractivity contribution >= 4 is 23.1 Å². The Morgan fingerprint density at radius 1 is 1.39 bits per heavy atom. The van der Waals surface area contributed by atoms with E-state index in [0.29, 0.717) is 5.41 Å². The van der Waals surface area contributed by atoms with Gasteiger partial charge >= 0.3 is 23.1 Å². The standard InChI is InChI=1S/C16H27.BrH.Mg/c1-6-8-13(2)10-11-15-14(3)9-7-12-16(15,4)5;;/h8H,1,6-7,9-12H2,2-5H3;1H;/q-1;;+2/p-1/b13-8+;;. The summed E-state index contributed by atoms with van der Waals surface area (Å²) < 4.78 is 0. The first-order valence-corrected chi connectivity index (χ1v) is 6.61. The van der Waals surface area contributed by atoms with Crippen LogP contribution in [0, 0.1) is 12.3 Å². The zero-order valence-corrected chi connectivity index (χ0v) is 15.6. The Balaban J connectivity index is 0. The fraction of sp³-hybridized carbons (Fsp3) is 0.688. The fourth-order valence-electron chi connectivity index (χ4n) is 2.90. The second kappa shape index (κ2) is 9.60. The number of rotatable bonds is 4. The number of halogens is 1. The van der Waals surface area contributed by atoms with Crippen LogP contribution in [0.25, 0.3) is 0 Å². The molecule has 0 amide bonds. The molecule has 1 rings (SSSR count). The molecule has 100 valence electrons. The molecule has 0 fully saturated rings. The molecule has 0 atom stereocenters. The first kappa shape index (κ1) is 21.0. The van der Waals surface area contributed by atoms with Gasteiger partial charge in [0.05, 0.1) is 0 Å². The maximum atomic E-state index is 3.88. The molecule has 2 heteroatoms. The van der Waals surface area contributed by atoms with Gasteiger partial charge in [0.1, 0.15) is 0 Å². The van der Waals surface area contributed by atoms with Gasteiger partial charge in [-0.15, -0.1) is 6.08 Å². The molecule has 18 heavy (non-hydrogen) atoms. The largest absolute Gasteiger partial charge is 2.00 e. The van der Waals surface area contributed by atoms with Gasteiger partial charge in [-0.2, -0.15) is 6.42 Å². The molecule has 1 aliphatic carbocycles. The third kappa shape index (κ3) is 6.25. The Kier molecular flexibility index (Phi) is 11.2. The van der Waals surface area contributed by atoms with Crippen molar-refractivity contribution in [3.05, 3.63) is 29.7 Å². The Hall–Kier alpha value is 0.726. The van der Waals surface area contributed by atoms with Crippen LogP contribution in [0.15, 0.2) is 22.8 Å². The molecule has 0 aromatic rings. The van der Waals surface area contributed by atoms with E-state index in [1.165, 1.54) is 37.7 Å². The van der Waals surface area contributed by atoms with Crippen molar-refractivity contribution in [3.63, 3.8) is 0 Å². The van der Waals surface area contributed by atoms with Crippen molar-refractivity contribution in [1.29, 1.82) is 0 Å². The fourth-order valence-corrected chi connectivity index (χ4v) is 2.90. The average molecular weight is 324 g/mol. The minimum atomic E-state index is 0. The van der Waals surface area contributed by atoms with Crippen LogP contribution in [0.2, 0.25) is 0 Å². The summed E-state index contributed by atoms with van der Waals surface area (Å²) in [5, 5.41) is 0. The molecule has 0 bridgehead atoms. The van der Waals surface area contributed by atoms with Crippen molar-refractivity contribution in [3.8, 4) is 0 Å². The van der Waals surface area contributed by atoms with Crippen molar-refractivity contribution in [2.24, 2.45) is 5.41 Å². The zero-order valence-electron chi connectivity index (χ0n) is 12.6. The van der Waals surface area contributed by atoms with Gasteiger partial charge in [0.2, 0.25) is 0 Å². The van der Waals surface area contributed by atoms with Gasteiger partial charge in [-0.25, -0.2) is 0 Å². The van der Waals surface area contributed by atoms with Crippen LogP contribution in [0.5, 0.6) is 0 Å². The van der Waals surface area contributed by atoms with Gasteiger partial charge < -0.3 is 23.9 Å². The second-order valence-electron chi connectivity index (χ2n) is 5.84. The summed E-state index contributed by atoms with van der Waals surface area (Å²) in [6, 6.07) is 0. The minimum Gasteiger partial charge on any atom is -1.00 e. The third-order valence-electron chi connectivity index (χ3n) is 3.95. The SMILES string of the molecule is [Br-].[CH2-]C/C=C(\C)CCC1=C(C)CCCC1(C)C.[Mg+2]. The molecule has 0 aromatic carbocycles. The van der Waals surface area contributed by atoms with Crippen LogP contribution >= 0.6 is 0 Å². The van der Waals surface area contributed by atoms with Gasteiger partial charge in [-0.1, -0.05) is 30.6 Å². The predicted molar refractivity (Wildman–Crippen MR) is 79.1 cm³/mol. The van der Waals surface area contributed by atoms with E-state index in [-0.39, 0.29) is 40.0 Å². The van der Waals surface area contributed by atoms with E-state index in [2.05, 4.69) is 40.7 Å². The van der Waals surface area contributed by atoms with Crippen LogP contribution in [0.4, 0.5) is 0 Å². The molecular formula is C16H27BrMg. The summed E-state index contributed by atoms with van der Waals surface area (Å²) in [7, 11) is 0. The molecule has 0 heterocycles. The number of hydrogen-bond acceptors (Lipinski definition) is 0. The molecule has 0 nitrogen and oxygen atoms in total. The average Bonchev–Trinajstić information content (AvgIpc) is 2.16. The van der Waals surface area contributed by atoms with Crippen molar-refractivity contribution < 1.29 is 17.0 Å². The topological polar surface area (TPSA) is 0 Å². The smallest absolute Gasteiger partial charge is 1.00 e. The molecule has 0 unspecified atom stereocenters. The van der Waals surface area contributed by atoms with Crippen LogP contribution < -0.4 is 17.0 Å². The monoisotopic (exact) mass is 322 g/mol. The van der Waals surface area contributed by atoms with E-state index >= 15 is 0 Å². The van der Waals surface area contributed by atoms with Crippen molar-refractivity contribution in [2.75, 3.05) is 0 Å². The molecule has 0 spiro atoms. The van der Waals surface area contributed by atoms with Gasteiger partial charge in [0.15, 0.2) is 0 Å². The second-order valence-corrected chi connectivity index (χ2v) is 5.84. The molecule has 0 saturated heterocycles. The number of allylic oxidation sites excluding steroid dienone is 4. The molecular weight excluding hydrogens is 296 g/mol. The van der Waals surface area contributed by atoms with E-state index in [1.807, 2.05) is 0 Å². The van der Waals surface area contributed by atoms with E-state index in [9.17, 15) is 0 Å². The summed E-state index contributed by atoms with van der Waals surface area (Å²) in [6.45, 7) is 13.3. The first-order chi connectivity index (χ1) is 7.47. The summed E-state index contributed by atoms with van der Waals surface area (Å²) >= 11 is 0. The Morgan fingerprint density at radius 2 is 2.00 bits per heavy atom. The first-order valence-electron chi connectivity index (χ1n) is 6.61. The number of hydrogen-bond donors (Lipinski definition) is 0. The molecule has 0 aliphatic heterocycles. The Labute approximate surface area is 141 Å². The zero-order chi connectivity index (χ0) is 12.2. The predicted octanol–water partition coefficient (Wildman–Crippen LogP) is 2.09. The van der Waals surface area contributed by atoms with E-state index in [4.69, 9.17) is 0 Å². The van der Waals surface area contributed by atoms with Crippen molar-refractivity contribution in [1.82, 2.24) is 0 Å². The van der Waals surface area contributed by atoms with Crippen LogP contribution in [-0.4, -0.2) is 23.1 Å². The van der Waals surface area contributed by atoms with Gasteiger partial charge in [0, 0.05) is 0 Å². The molecule has 1 aliphatic rings. The molecule has 0 N–H and O–H groups in total. The summed E-state index contributed by atoms with van der Waals surface area (Å²) in [6.07, 6.45) is 9.69. The molecule has 0 saturated carbocycles. The van der Waals surface area contributed by atoms with Gasteiger partial charge in [0.25, 0.3) is 0 Å². The van der Waals surface area contributed by atoms with Gasteiger partial charge in [-0.3, -0.25) is 0 Å². The van der Waals surface area contributed by atoms with E-state index in [0.717, 1.165) is 6.42 Å². The molecule has 0 aromatic heterocycles. The van der Waals surface area contributed by atoms with Crippen LogP contribution in [-0.2, 0) is 0 Å². The summed E-state index contributed by atoms with van der Waals surface area (Å²) in [5.74, 6) is 0. The van der Waals surface area contributed by atoms with Crippen LogP contribution in [0.3, 0.4) is 0 Å². The Morgan fingerprint density at radius 3 is 2.50 bits per heavy atom. The van der Waals surface area contributed by atoms with E-state index in [1.54, 1.807) is 11.1 Å². The quantitative estimate of drug-likeness (QED) is 0.422. The van der Waals surface area contributed by atoms with E-state index < -0.39 is 0 Å². The van der Waals surface area contributed by atoms with Gasteiger partial charge in [-0.05, 0) is 51.4 Å². The molecule has 0 radical (unpaired) electrons. The van der Waals surface area contributed by atoms with Crippen LogP contribution in [0.1, 0.15) is 66.2 Å².